The molecule has 1 N–H and O–H groups in total. The Bertz CT molecular complexity index is 1400. The Balaban J connectivity index is 1.62. The Morgan fingerprint density at radius 2 is 1.83 bits per heavy atom. The second kappa shape index (κ2) is 6.92. The van der Waals surface area contributed by atoms with E-state index in [1.54, 1.807) is 0 Å². The average Bonchev–Trinajstić information content (AvgIpc) is 3.32. The molecule has 2 aromatic carbocycles. The van der Waals surface area contributed by atoms with Crippen LogP contribution in [0.15, 0.2) is 42.5 Å². The van der Waals surface area contributed by atoms with Gasteiger partial charge in [-0.2, -0.15) is 5.10 Å². The van der Waals surface area contributed by atoms with E-state index in [-0.39, 0.29) is 0 Å². The number of aryl methyl sites for hydroxylation is 2. The van der Waals surface area contributed by atoms with E-state index in [4.69, 9.17) is 4.98 Å². The Morgan fingerprint density at radius 3 is 2.70 bits per heavy atom. The van der Waals surface area contributed by atoms with Gasteiger partial charge < -0.3 is 0 Å². The number of pyridine rings is 1. The Kier molecular flexibility index (Phi) is 4.17. The SMILES string of the molecule is Cc1cc(C)c2c(C3CCCCC3)cc(-c3[nH]nc4c3sc3ccccc34)nc2c1. The first-order valence-corrected chi connectivity index (χ1v) is 11.8. The largest absolute Gasteiger partial charge is 0.274 e. The predicted molar refractivity (Wildman–Crippen MR) is 128 cm³/mol. The van der Waals surface area contributed by atoms with Gasteiger partial charge in [0.05, 0.1) is 15.9 Å². The van der Waals surface area contributed by atoms with E-state index in [1.807, 2.05) is 11.3 Å². The molecule has 1 aliphatic rings. The molecule has 0 unspecified atom stereocenters. The fourth-order valence-electron chi connectivity index (χ4n) is 5.30. The summed E-state index contributed by atoms with van der Waals surface area (Å²) in [6.07, 6.45) is 6.60. The number of fused-ring (bicyclic) bond motifs is 4. The van der Waals surface area contributed by atoms with Gasteiger partial charge in [-0.1, -0.05) is 43.5 Å². The van der Waals surface area contributed by atoms with E-state index in [2.05, 4.69) is 66.5 Å². The molecule has 0 radical (unpaired) electrons. The number of benzene rings is 2. The van der Waals surface area contributed by atoms with Crippen molar-refractivity contribution in [1.82, 2.24) is 15.2 Å². The molecule has 3 heterocycles. The zero-order valence-corrected chi connectivity index (χ0v) is 18.3. The third-order valence-corrected chi connectivity index (χ3v) is 7.84. The number of aromatic nitrogens is 3. The zero-order valence-electron chi connectivity index (χ0n) is 17.5. The van der Waals surface area contributed by atoms with Gasteiger partial charge in [-0.3, -0.25) is 5.10 Å². The van der Waals surface area contributed by atoms with Crippen LogP contribution in [0.4, 0.5) is 0 Å². The number of nitrogens with zero attached hydrogens (tertiary/aromatic N) is 2. The van der Waals surface area contributed by atoms with Crippen molar-refractivity contribution in [3.05, 3.63) is 59.2 Å². The summed E-state index contributed by atoms with van der Waals surface area (Å²) < 4.78 is 2.49. The Labute approximate surface area is 180 Å². The van der Waals surface area contributed by atoms with Crippen molar-refractivity contribution in [3.63, 3.8) is 0 Å². The minimum atomic E-state index is 0.630. The third-order valence-electron chi connectivity index (χ3n) is 6.66. The van der Waals surface area contributed by atoms with Gasteiger partial charge in [0, 0.05) is 15.5 Å². The Morgan fingerprint density at radius 1 is 1.00 bits per heavy atom. The number of H-pyrrole nitrogens is 1. The molecular formula is C26H25N3S. The summed E-state index contributed by atoms with van der Waals surface area (Å²) in [5, 5.41) is 10.6. The summed E-state index contributed by atoms with van der Waals surface area (Å²) in [6, 6.07) is 15.4. The first kappa shape index (κ1) is 18.1. The number of aromatic amines is 1. The molecule has 3 aromatic heterocycles. The number of rotatable bonds is 2. The lowest BCUT2D eigenvalue weighted by Gasteiger charge is -2.24. The number of thiophene rings is 1. The second-order valence-corrected chi connectivity index (χ2v) is 9.83. The normalized spacial score (nSPS) is 15.5. The van der Waals surface area contributed by atoms with Crippen LogP contribution in [-0.4, -0.2) is 15.2 Å². The molecule has 0 amide bonds. The third kappa shape index (κ3) is 2.78. The molecule has 1 aliphatic carbocycles. The minimum Gasteiger partial charge on any atom is -0.274 e. The summed E-state index contributed by atoms with van der Waals surface area (Å²) in [5.41, 5.74) is 8.38. The second-order valence-electron chi connectivity index (χ2n) is 8.78. The van der Waals surface area contributed by atoms with Crippen LogP contribution in [0.3, 0.4) is 0 Å². The topological polar surface area (TPSA) is 41.6 Å². The molecule has 6 rings (SSSR count). The van der Waals surface area contributed by atoms with Crippen LogP contribution in [0.1, 0.15) is 54.7 Å². The lowest BCUT2D eigenvalue weighted by molar-refractivity contribution is 0.445. The maximum Gasteiger partial charge on any atom is 0.111 e. The van der Waals surface area contributed by atoms with E-state index in [0.717, 1.165) is 22.4 Å². The first-order valence-electron chi connectivity index (χ1n) is 11.0. The van der Waals surface area contributed by atoms with Crippen molar-refractivity contribution < 1.29 is 0 Å². The molecule has 0 spiro atoms. The molecule has 0 bridgehead atoms. The Hall–Kier alpha value is -2.72. The van der Waals surface area contributed by atoms with Crippen LogP contribution < -0.4 is 0 Å². The molecule has 0 aliphatic heterocycles. The van der Waals surface area contributed by atoms with Gasteiger partial charge in [0.25, 0.3) is 0 Å². The zero-order chi connectivity index (χ0) is 20.2. The molecule has 0 saturated heterocycles. The fraction of sp³-hybridized carbons (Fsp3) is 0.308. The lowest BCUT2D eigenvalue weighted by Crippen LogP contribution is -2.07. The molecule has 30 heavy (non-hydrogen) atoms. The van der Waals surface area contributed by atoms with Crippen LogP contribution in [0, 0.1) is 13.8 Å². The van der Waals surface area contributed by atoms with E-state index in [9.17, 15) is 0 Å². The molecule has 3 nitrogen and oxygen atoms in total. The standard InChI is InChI=1S/C26H25N3S/c1-15-12-16(2)23-19(17-8-4-3-5-9-17)14-21(27-20(23)13-15)25-26-24(28-29-25)18-10-6-7-11-22(18)30-26/h6-7,10-14,17H,3-5,8-9H2,1-2H3,(H,28,29). The summed E-state index contributed by atoms with van der Waals surface area (Å²) in [6.45, 7) is 4.41. The highest BCUT2D eigenvalue weighted by molar-refractivity contribution is 7.26. The monoisotopic (exact) mass is 411 g/mol. The predicted octanol–water partition coefficient (Wildman–Crippen LogP) is 7.66. The van der Waals surface area contributed by atoms with Crippen molar-refractivity contribution in [2.75, 3.05) is 0 Å². The van der Waals surface area contributed by atoms with Crippen LogP contribution in [0.5, 0.6) is 0 Å². The van der Waals surface area contributed by atoms with E-state index >= 15 is 0 Å². The van der Waals surface area contributed by atoms with E-state index in [0.29, 0.717) is 5.92 Å². The van der Waals surface area contributed by atoms with E-state index < -0.39 is 0 Å². The number of hydrogen-bond donors (Lipinski definition) is 1. The maximum atomic E-state index is 5.15. The quantitative estimate of drug-likeness (QED) is 0.324. The van der Waals surface area contributed by atoms with Gasteiger partial charge in [0.2, 0.25) is 0 Å². The smallest absolute Gasteiger partial charge is 0.111 e. The maximum absolute atomic E-state index is 5.15. The molecule has 1 saturated carbocycles. The molecule has 5 aromatic rings. The molecule has 0 atom stereocenters. The van der Waals surface area contributed by atoms with Crippen molar-refractivity contribution in [1.29, 1.82) is 0 Å². The van der Waals surface area contributed by atoms with Gasteiger partial charge in [-0.05, 0) is 67.5 Å². The van der Waals surface area contributed by atoms with Crippen molar-refractivity contribution in [2.45, 2.75) is 51.9 Å². The first-order chi connectivity index (χ1) is 14.7. The van der Waals surface area contributed by atoms with Crippen LogP contribution in [0.25, 0.3) is 42.6 Å². The highest BCUT2D eigenvalue weighted by atomic mass is 32.1. The summed E-state index contributed by atoms with van der Waals surface area (Å²) >= 11 is 1.81. The van der Waals surface area contributed by atoms with Crippen LogP contribution in [0.2, 0.25) is 0 Å². The summed E-state index contributed by atoms with van der Waals surface area (Å²) in [5.74, 6) is 0.630. The highest BCUT2D eigenvalue weighted by Gasteiger charge is 2.22. The van der Waals surface area contributed by atoms with Crippen molar-refractivity contribution >= 4 is 42.5 Å². The van der Waals surface area contributed by atoms with Gasteiger partial charge in [0.15, 0.2) is 0 Å². The molecule has 1 fully saturated rings. The number of nitrogens with one attached hydrogen (secondary N) is 1. The number of hydrogen-bond acceptors (Lipinski definition) is 3. The molecule has 150 valence electrons. The van der Waals surface area contributed by atoms with Crippen molar-refractivity contribution in [2.24, 2.45) is 0 Å². The highest BCUT2D eigenvalue weighted by Crippen LogP contribution is 2.42. The van der Waals surface area contributed by atoms with E-state index in [1.165, 1.54) is 69.0 Å². The van der Waals surface area contributed by atoms with Gasteiger partial charge in [0.1, 0.15) is 11.2 Å². The molecular weight excluding hydrogens is 386 g/mol. The summed E-state index contributed by atoms with van der Waals surface area (Å²) in [4.78, 5) is 5.15. The molecule has 4 heteroatoms. The summed E-state index contributed by atoms with van der Waals surface area (Å²) in [7, 11) is 0. The van der Waals surface area contributed by atoms with Gasteiger partial charge in [-0.15, -0.1) is 11.3 Å². The van der Waals surface area contributed by atoms with Crippen molar-refractivity contribution in [3.8, 4) is 11.4 Å². The fourth-order valence-corrected chi connectivity index (χ4v) is 6.45. The van der Waals surface area contributed by atoms with Crippen LogP contribution >= 0.6 is 11.3 Å². The average molecular weight is 412 g/mol. The lowest BCUT2D eigenvalue weighted by atomic mass is 9.81. The van der Waals surface area contributed by atoms with Gasteiger partial charge >= 0.3 is 0 Å². The van der Waals surface area contributed by atoms with Crippen LogP contribution in [-0.2, 0) is 0 Å². The van der Waals surface area contributed by atoms with Gasteiger partial charge in [-0.25, -0.2) is 4.98 Å². The minimum absolute atomic E-state index is 0.630.